The number of pyridine rings is 1. The largest absolute Gasteiger partial charge is 0.392 e. The van der Waals surface area contributed by atoms with Crippen molar-refractivity contribution in [3.8, 4) is 0 Å². The predicted molar refractivity (Wildman–Crippen MR) is 114 cm³/mol. The Morgan fingerprint density at radius 2 is 1.86 bits per heavy atom. The second-order valence-corrected chi connectivity index (χ2v) is 7.42. The molecule has 1 amide bonds. The number of amides is 1. The highest BCUT2D eigenvalue weighted by Gasteiger charge is 2.37. The van der Waals surface area contributed by atoms with E-state index in [2.05, 4.69) is 36.1 Å². The molecule has 2 unspecified atom stereocenters. The summed E-state index contributed by atoms with van der Waals surface area (Å²) in [6, 6.07) is 9.79. The van der Waals surface area contributed by atoms with E-state index in [-0.39, 0.29) is 24.5 Å². The summed E-state index contributed by atoms with van der Waals surface area (Å²) in [5, 5.41) is 12.5. The van der Waals surface area contributed by atoms with Gasteiger partial charge in [0.25, 0.3) is 0 Å². The number of benzene rings is 1. The van der Waals surface area contributed by atoms with Crippen LogP contribution in [-0.2, 0) is 11.4 Å². The van der Waals surface area contributed by atoms with E-state index in [1.165, 1.54) is 0 Å². The number of hydrogen-bond donors (Lipinski definition) is 2. The van der Waals surface area contributed by atoms with E-state index < -0.39 is 0 Å². The summed E-state index contributed by atoms with van der Waals surface area (Å²) in [5.41, 5.74) is 3.62. The molecule has 2 aromatic rings. The Hall–Kier alpha value is -2.60. The molecule has 0 fully saturated rings. The van der Waals surface area contributed by atoms with Crippen molar-refractivity contribution in [2.24, 2.45) is 5.92 Å². The number of carbonyl (C=O) groups excluding carboxylic acids is 1. The molecule has 1 aliphatic rings. The van der Waals surface area contributed by atoms with Gasteiger partial charge in [-0.2, -0.15) is 0 Å². The molecule has 3 rings (SSSR count). The maximum Gasteiger partial charge on any atom is 0.232 e. The van der Waals surface area contributed by atoms with Crippen molar-refractivity contribution >= 4 is 28.8 Å². The van der Waals surface area contributed by atoms with Gasteiger partial charge >= 0.3 is 0 Å². The molecule has 1 aromatic heterocycles. The SMILES string of the molecule is CCCC1C(CC)C(=O)N(C)c2cnc(Nc3ccc(CO)cc3)cc2N1C. The van der Waals surface area contributed by atoms with Crippen LogP contribution in [0.25, 0.3) is 0 Å². The average Bonchev–Trinajstić information content (AvgIpc) is 2.79. The third-order valence-electron chi connectivity index (χ3n) is 5.65. The van der Waals surface area contributed by atoms with Crippen molar-refractivity contribution < 1.29 is 9.90 Å². The molecule has 0 bridgehead atoms. The van der Waals surface area contributed by atoms with Crippen molar-refractivity contribution in [3.05, 3.63) is 42.1 Å². The number of nitrogens with one attached hydrogen (secondary N) is 1. The van der Waals surface area contributed by atoms with E-state index in [4.69, 9.17) is 0 Å². The molecule has 2 N–H and O–H groups in total. The Morgan fingerprint density at radius 3 is 2.46 bits per heavy atom. The number of aromatic nitrogens is 1. The predicted octanol–water partition coefficient (Wildman–Crippen LogP) is 3.93. The van der Waals surface area contributed by atoms with Gasteiger partial charge in [0.05, 0.1) is 30.1 Å². The number of aliphatic hydroxyl groups is 1. The van der Waals surface area contributed by atoms with E-state index in [0.717, 1.165) is 47.7 Å². The third kappa shape index (κ3) is 3.83. The van der Waals surface area contributed by atoms with Gasteiger partial charge in [0.2, 0.25) is 5.91 Å². The standard InChI is InChI=1S/C22H30N4O2/c1-5-7-18-17(6-2)22(28)26(4)20-13-23-21(12-19(20)25(18)3)24-16-10-8-15(14-27)9-11-16/h8-13,17-18,27H,5-7,14H2,1-4H3,(H,23,24). The van der Waals surface area contributed by atoms with Crippen molar-refractivity contribution in [1.82, 2.24) is 4.98 Å². The lowest BCUT2D eigenvalue weighted by Gasteiger charge is -2.32. The second-order valence-electron chi connectivity index (χ2n) is 7.42. The fourth-order valence-corrected chi connectivity index (χ4v) is 4.01. The van der Waals surface area contributed by atoms with Crippen LogP contribution in [0.3, 0.4) is 0 Å². The third-order valence-corrected chi connectivity index (χ3v) is 5.65. The van der Waals surface area contributed by atoms with Gasteiger partial charge in [0.1, 0.15) is 5.82 Å². The molecule has 6 heteroatoms. The van der Waals surface area contributed by atoms with Gasteiger partial charge in [-0.25, -0.2) is 4.98 Å². The molecule has 6 nitrogen and oxygen atoms in total. The van der Waals surface area contributed by atoms with Crippen molar-refractivity contribution in [2.45, 2.75) is 45.8 Å². The van der Waals surface area contributed by atoms with Crippen LogP contribution >= 0.6 is 0 Å². The number of anilines is 4. The number of aliphatic hydroxyl groups excluding tert-OH is 1. The molecule has 150 valence electrons. The van der Waals surface area contributed by atoms with Crippen LogP contribution in [0.4, 0.5) is 22.9 Å². The normalized spacial score (nSPS) is 19.4. The Balaban J connectivity index is 1.96. The molecule has 2 heterocycles. The minimum Gasteiger partial charge on any atom is -0.392 e. The molecule has 1 aliphatic heterocycles. The molecule has 2 atom stereocenters. The van der Waals surface area contributed by atoms with Crippen LogP contribution in [-0.4, -0.2) is 36.1 Å². The molecular weight excluding hydrogens is 352 g/mol. The summed E-state index contributed by atoms with van der Waals surface area (Å²) in [6.07, 6.45) is 4.60. The van der Waals surface area contributed by atoms with Crippen LogP contribution in [0.2, 0.25) is 0 Å². The second kappa shape index (κ2) is 8.61. The van der Waals surface area contributed by atoms with Crippen LogP contribution in [0, 0.1) is 5.92 Å². The number of nitrogens with zero attached hydrogens (tertiary/aromatic N) is 3. The lowest BCUT2D eigenvalue weighted by atomic mass is 9.91. The first-order valence-electron chi connectivity index (χ1n) is 9.97. The fourth-order valence-electron chi connectivity index (χ4n) is 4.01. The summed E-state index contributed by atoms with van der Waals surface area (Å²) in [4.78, 5) is 21.6. The molecule has 1 aromatic carbocycles. The van der Waals surface area contributed by atoms with Gasteiger partial charge in [-0.15, -0.1) is 0 Å². The average molecular weight is 383 g/mol. The summed E-state index contributed by atoms with van der Waals surface area (Å²) in [5.74, 6) is 0.867. The minimum atomic E-state index is -0.0233. The number of fused-ring (bicyclic) bond motifs is 1. The molecule has 0 aliphatic carbocycles. The zero-order chi connectivity index (χ0) is 20.3. The Bertz CT molecular complexity index is 822. The monoisotopic (exact) mass is 382 g/mol. The summed E-state index contributed by atoms with van der Waals surface area (Å²) < 4.78 is 0. The molecule has 0 saturated heterocycles. The molecule has 28 heavy (non-hydrogen) atoms. The minimum absolute atomic E-state index is 0.0233. The van der Waals surface area contributed by atoms with E-state index >= 15 is 0 Å². The van der Waals surface area contributed by atoms with Crippen LogP contribution < -0.4 is 15.1 Å². The van der Waals surface area contributed by atoms with Gasteiger partial charge in [-0.05, 0) is 30.5 Å². The van der Waals surface area contributed by atoms with Crippen molar-refractivity contribution in [2.75, 3.05) is 29.2 Å². The first kappa shape index (κ1) is 20.1. The molecule has 0 spiro atoms. The van der Waals surface area contributed by atoms with Crippen LogP contribution in [0.5, 0.6) is 0 Å². The zero-order valence-corrected chi connectivity index (χ0v) is 17.1. The van der Waals surface area contributed by atoms with Gasteiger partial charge in [0.15, 0.2) is 0 Å². The smallest absolute Gasteiger partial charge is 0.232 e. The van der Waals surface area contributed by atoms with E-state index in [9.17, 15) is 9.90 Å². The summed E-state index contributed by atoms with van der Waals surface area (Å²) >= 11 is 0. The van der Waals surface area contributed by atoms with E-state index in [1.54, 1.807) is 11.1 Å². The zero-order valence-electron chi connectivity index (χ0n) is 17.1. The summed E-state index contributed by atoms with van der Waals surface area (Å²) in [7, 11) is 3.92. The molecule has 0 radical (unpaired) electrons. The highest BCUT2D eigenvalue weighted by atomic mass is 16.3. The van der Waals surface area contributed by atoms with Crippen LogP contribution in [0.15, 0.2) is 36.5 Å². The topological polar surface area (TPSA) is 68.7 Å². The Kier molecular flexibility index (Phi) is 6.19. The highest BCUT2D eigenvalue weighted by Crippen LogP contribution is 2.38. The van der Waals surface area contributed by atoms with Gasteiger partial charge in [-0.3, -0.25) is 4.79 Å². The van der Waals surface area contributed by atoms with Crippen molar-refractivity contribution in [1.29, 1.82) is 0 Å². The Labute approximate surface area is 167 Å². The maximum atomic E-state index is 13.0. The molecule has 0 saturated carbocycles. The Morgan fingerprint density at radius 1 is 1.14 bits per heavy atom. The molecular formula is C22H30N4O2. The first-order valence-corrected chi connectivity index (χ1v) is 9.97. The lowest BCUT2D eigenvalue weighted by molar-refractivity contribution is -0.122. The first-order chi connectivity index (χ1) is 13.5. The number of hydrogen-bond acceptors (Lipinski definition) is 5. The van der Waals surface area contributed by atoms with E-state index in [1.807, 2.05) is 37.4 Å². The number of rotatable bonds is 6. The van der Waals surface area contributed by atoms with Gasteiger partial charge in [-0.1, -0.05) is 32.4 Å². The maximum absolute atomic E-state index is 13.0. The lowest BCUT2D eigenvalue weighted by Crippen LogP contribution is -2.42. The highest BCUT2D eigenvalue weighted by molar-refractivity contribution is 6.00. The van der Waals surface area contributed by atoms with Crippen molar-refractivity contribution in [3.63, 3.8) is 0 Å². The quantitative estimate of drug-likeness (QED) is 0.792. The summed E-state index contributed by atoms with van der Waals surface area (Å²) in [6.45, 7) is 4.28. The van der Waals surface area contributed by atoms with Gasteiger partial charge in [0, 0.05) is 31.9 Å². The van der Waals surface area contributed by atoms with Crippen LogP contribution in [0.1, 0.15) is 38.7 Å². The van der Waals surface area contributed by atoms with Gasteiger partial charge < -0.3 is 20.2 Å². The fraction of sp³-hybridized carbons (Fsp3) is 0.455. The van der Waals surface area contributed by atoms with E-state index in [0.29, 0.717) is 0 Å². The number of carbonyl (C=O) groups is 1.